The van der Waals surface area contributed by atoms with Crippen molar-refractivity contribution in [3.05, 3.63) is 76.6 Å². The molecule has 2 heterocycles. The van der Waals surface area contributed by atoms with Crippen LogP contribution in [0.1, 0.15) is 23.1 Å². The van der Waals surface area contributed by atoms with Gasteiger partial charge >= 0.3 is 0 Å². The normalized spacial score (nSPS) is 16.6. The third-order valence-electron chi connectivity index (χ3n) is 5.07. The van der Waals surface area contributed by atoms with E-state index in [-0.39, 0.29) is 12.0 Å². The van der Waals surface area contributed by atoms with Gasteiger partial charge in [-0.05, 0) is 30.2 Å². The van der Waals surface area contributed by atoms with E-state index in [0.717, 1.165) is 16.5 Å². The first kappa shape index (κ1) is 20.9. The Bertz CT molecular complexity index is 994. The van der Waals surface area contributed by atoms with Gasteiger partial charge in [0, 0.05) is 11.6 Å². The number of ether oxygens (including phenoxy) is 1. The number of hydrogen-bond acceptors (Lipinski definition) is 5. The lowest BCUT2D eigenvalue weighted by Gasteiger charge is -2.33. The second-order valence-electron chi connectivity index (χ2n) is 7.14. The molecule has 1 aliphatic heterocycles. The third-order valence-corrected chi connectivity index (χ3v) is 6.27. The first-order valence-corrected chi connectivity index (χ1v) is 11.2. The van der Waals surface area contributed by atoms with Gasteiger partial charge in [-0.25, -0.2) is 0 Å². The van der Waals surface area contributed by atoms with Crippen molar-refractivity contribution >= 4 is 29.3 Å². The summed E-state index contributed by atoms with van der Waals surface area (Å²) < 4.78 is 7.91. The molecule has 30 heavy (non-hydrogen) atoms. The minimum absolute atomic E-state index is 0.0779. The summed E-state index contributed by atoms with van der Waals surface area (Å²) in [5.74, 6) is 1.23. The van der Waals surface area contributed by atoms with Gasteiger partial charge in [0.2, 0.25) is 5.91 Å². The zero-order valence-corrected chi connectivity index (χ0v) is 18.3. The van der Waals surface area contributed by atoms with Crippen LogP contribution >= 0.6 is 23.4 Å². The summed E-state index contributed by atoms with van der Waals surface area (Å²) in [7, 11) is 0. The molecule has 1 aromatic heterocycles. The molecule has 1 aliphatic rings. The van der Waals surface area contributed by atoms with Gasteiger partial charge in [-0.1, -0.05) is 65.8 Å². The summed E-state index contributed by atoms with van der Waals surface area (Å²) in [5, 5.41) is 9.91. The maximum Gasteiger partial charge on any atom is 0.233 e. The summed E-state index contributed by atoms with van der Waals surface area (Å²) in [4.78, 5) is 14.7. The summed E-state index contributed by atoms with van der Waals surface area (Å²) in [5.41, 5.74) is 2.20. The molecule has 2 aromatic carbocycles. The van der Waals surface area contributed by atoms with Crippen LogP contribution in [0.25, 0.3) is 0 Å². The van der Waals surface area contributed by atoms with E-state index in [2.05, 4.69) is 22.3 Å². The Kier molecular flexibility index (Phi) is 6.72. The van der Waals surface area contributed by atoms with E-state index in [1.165, 1.54) is 17.3 Å². The Morgan fingerprint density at radius 3 is 2.70 bits per heavy atom. The first-order chi connectivity index (χ1) is 14.6. The second-order valence-corrected chi connectivity index (χ2v) is 8.52. The fourth-order valence-corrected chi connectivity index (χ4v) is 4.40. The maximum atomic E-state index is 12.8. The van der Waals surface area contributed by atoms with E-state index in [0.29, 0.717) is 37.0 Å². The molecule has 8 heteroatoms. The summed E-state index contributed by atoms with van der Waals surface area (Å²) in [6.07, 6.45) is -0.131. The van der Waals surface area contributed by atoms with E-state index in [1.807, 2.05) is 58.9 Å². The van der Waals surface area contributed by atoms with Gasteiger partial charge in [0.25, 0.3) is 0 Å². The van der Waals surface area contributed by atoms with Crippen molar-refractivity contribution < 1.29 is 9.53 Å². The number of nitrogens with zero attached hydrogens (tertiary/aromatic N) is 4. The summed E-state index contributed by atoms with van der Waals surface area (Å²) >= 11 is 7.40. The smallest absolute Gasteiger partial charge is 0.233 e. The molecule has 0 spiro atoms. The fourth-order valence-electron chi connectivity index (χ4n) is 3.39. The van der Waals surface area contributed by atoms with E-state index in [9.17, 15) is 4.79 Å². The number of aryl methyl sites for hydroxylation is 1. The van der Waals surface area contributed by atoms with Gasteiger partial charge in [0.15, 0.2) is 5.16 Å². The maximum absolute atomic E-state index is 12.8. The van der Waals surface area contributed by atoms with Gasteiger partial charge in [0.1, 0.15) is 11.9 Å². The molecular formula is C22H23ClN4O2S. The lowest BCUT2D eigenvalue weighted by atomic mass is 10.1. The number of amides is 1. The quantitative estimate of drug-likeness (QED) is 0.540. The Hall–Kier alpha value is -2.35. The number of carbonyl (C=O) groups excluding carboxylic acids is 1. The van der Waals surface area contributed by atoms with E-state index in [1.54, 1.807) is 0 Å². The zero-order chi connectivity index (χ0) is 20.9. The Morgan fingerprint density at radius 2 is 1.93 bits per heavy atom. The highest BCUT2D eigenvalue weighted by molar-refractivity contribution is 7.99. The van der Waals surface area contributed by atoms with E-state index >= 15 is 0 Å². The number of morpholine rings is 1. The molecule has 6 nitrogen and oxygen atoms in total. The van der Waals surface area contributed by atoms with Gasteiger partial charge in [-0.15, -0.1) is 10.2 Å². The standard InChI is InChI=1S/C22H23ClN4O2S/c1-16-24-25-22(27(16)13-17-5-3-2-4-6-17)30-15-21(28)26-11-12-29-20(14-26)18-7-9-19(23)10-8-18/h2-10,20H,11-15H2,1H3. The third kappa shape index (κ3) is 5.03. The summed E-state index contributed by atoms with van der Waals surface area (Å²) in [6.45, 7) is 4.27. The Morgan fingerprint density at radius 1 is 1.17 bits per heavy atom. The number of halogens is 1. The molecule has 3 aromatic rings. The van der Waals surface area contributed by atoms with Crippen LogP contribution in [-0.2, 0) is 16.1 Å². The minimum atomic E-state index is -0.131. The number of rotatable bonds is 6. The van der Waals surface area contributed by atoms with Crippen molar-refractivity contribution in [3.63, 3.8) is 0 Å². The van der Waals surface area contributed by atoms with Gasteiger partial charge in [-0.3, -0.25) is 4.79 Å². The first-order valence-electron chi connectivity index (χ1n) is 9.81. The predicted octanol–water partition coefficient (Wildman–Crippen LogP) is 3.98. The zero-order valence-electron chi connectivity index (χ0n) is 16.7. The molecule has 0 aliphatic carbocycles. The minimum Gasteiger partial charge on any atom is -0.370 e. The summed E-state index contributed by atoms with van der Waals surface area (Å²) in [6, 6.07) is 17.8. The molecule has 0 bridgehead atoms. The Balaban J connectivity index is 1.37. The molecule has 156 valence electrons. The molecule has 1 saturated heterocycles. The van der Waals surface area contributed by atoms with Gasteiger partial charge < -0.3 is 14.2 Å². The van der Waals surface area contributed by atoms with Crippen molar-refractivity contribution in [3.8, 4) is 0 Å². The number of carbonyl (C=O) groups is 1. The van der Waals surface area contributed by atoms with Gasteiger partial charge in [-0.2, -0.15) is 0 Å². The number of benzene rings is 2. The van der Waals surface area contributed by atoms with Crippen molar-refractivity contribution in [2.75, 3.05) is 25.4 Å². The van der Waals surface area contributed by atoms with Crippen LogP contribution in [0.4, 0.5) is 0 Å². The molecule has 1 atom stereocenters. The number of thioether (sulfide) groups is 1. The average molecular weight is 443 g/mol. The molecule has 4 rings (SSSR count). The van der Waals surface area contributed by atoms with Crippen LogP contribution in [0, 0.1) is 6.92 Å². The van der Waals surface area contributed by atoms with Crippen LogP contribution in [-0.4, -0.2) is 51.0 Å². The highest BCUT2D eigenvalue weighted by atomic mass is 35.5. The SMILES string of the molecule is Cc1nnc(SCC(=O)N2CCOC(c3ccc(Cl)cc3)C2)n1Cc1ccccc1. The monoisotopic (exact) mass is 442 g/mol. The molecule has 0 saturated carbocycles. The highest BCUT2D eigenvalue weighted by Crippen LogP contribution is 2.25. The van der Waals surface area contributed by atoms with Crippen molar-refractivity contribution in [1.82, 2.24) is 19.7 Å². The van der Waals surface area contributed by atoms with Crippen LogP contribution in [0.15, 0.2) is 59.8 Å². The van der Waals surface area contributed by atoms with Crippen LogP contribution in [0.5, 0.6) is 0 Å². The molecule has 1 unspecified atom stereocenters. The highest BCUT2D eigenvalue weighted by Gasteiger charge is 2.26. The van der Waals surface area contributed by atoms with Gasteiger partial charge in [0.05, 0.1) is 25.4 Å². The van der Waals surface area contributed by atoms with E-state index in [4.69, 9.17) is 16.3 Å². The number of hydrogen-bond donors (Lipinski definition) is 0. The number of aromatic nitrogens is 3. The predicted molar refractivity (Wildman–Crippen MR) is 118 cm³/mol. The van der Waals surface area contributed by atoms with Crippen LogP contribution < -0.4 is 0 Å². The molecule has 0 N–H and O–H groups in total. The second kappa shape index (κ2) is 9.64. The largest absolute Gasteiger partial charge is 0.370 e. The lowest BCUT2D eigenvalue weighted by molar-refractivity contribution is -0.136. The van der Waals surface area contributed by atoms with Crippen LogP contribution in [0.2, 0.25) is 5.02 Å². The topological polar surface area (TPSA) is 60.3 Å². The Labute approximate surface area is 185 Å². The van der Waals surface area contributed by atoms with Crippen LogP contribution in [0.3, 0.4) is 0 Å². The molecular weight excluding hydrogens is 420 g/mol. The van der Waals surface area contributed by atoms with Crippen molar-refractivity contribution in [1.29, 1.82) is 0 Å². The lowest BCUT2D eigenvalue weighted by Crippen LogP contribution is -2.43. The molecule has 1 amide bonds. The van der Waals surface area contributed by atoms with Crippen molar-refractivity contribution in [2.24, 2.45) is 0 Å². The molecule has 0 radical (unpaired) electrons. The molecule has 1 fully saturated rings. The van der Waals surface area contributed by atoms with Crippen molar-refractivity contribution in [2.45, 2.75) is 24.7 Å². The van der Waals surface area contributed by atoms with E-state index < -0.39 is 0 Å². The fraction of sp³-hybridized carbons (Fsp3) is 0.318. The average Bonchev–Trinajstić information content (AvgIpc) is 3.12.